The first kappa shape index (κ1) is 20.3. The summed E-state index contributed by atoms with van der Waals surface area (Å²) in [5, 5.41) is 4.36. The average molecular weight is 417 g/mol. The van der Waals surface area contributed by atoms with Gasteiger partial charge in [0.15, 0.2) is 0 Å². The van der Waals surface area contributed by atoms with E-state index in [2.05, 4.69) is 57.4 Å². The van der Waals surface area contributed by atoms with E-state index in [4.69, 9.17) is 4.74 Å². The van der Waals surface area contributed by atoms with Crippen LogP contribution in [0.1, 0.15) is 35.1 Å². The molecular weight excluding hydrogens is 384 g/mol. The third-order valence-electron chi connectivity index (χ3n) is 6.80. The van der Waals surface area contributed by atoms with E-state index in [0.29, 0.717) is 6.04 Å². The van der Waals surface area contributed by atoms with Crippen LogP contribution in [-0.4, -0.2) is 52.4 Å². The fourth-order valence-electron chi connectivity index (χ4n) is 5.18. The molecule has 5 heteroatoms. The number of rotatable bonds is 6. The Balaban J connectivity index is 1.25. The number of likely N-dealkylation sites (tertiary alicyclic amines) is 1. The molecule has 162 valence electrons. The minimum atomic E-state index is 0.656. The maximum absolute atomic E-state index is 5.60. The zero-order valence-electron chi connectivity index (χ0n) is 18.4. The quantitative estimate of drug-likeness (QED) is 0.609. The monoisotopic (exact) mass is 416 g/mol. The van der Waals surface area contributed by atoms with Crippen molar-refractivity contribution in [1.82, 2.24) is 19.6 Å². The molecule has 1 fully saturated rings. The number of nitrogens with zero attached hydrogens (tertiary/aromatic N) is 4. The molecule has 0 amide bonds. The van der Waals surface area contributed by atoms with E-state index in [1.54, 1.807) is 7.11 Å². The lowest BCUT2D eigenvalue weighted by Gasteiger charge is -2.41. The predicted octanol–water partition coefficient (Wildman–Crippen LogP) is 3.96. The number of hydrogen-bond acceptors (Lipinski definition) is 4. The Kier molecular flexibility index (Phi) is 6.05. The molecule has 0 bridgehead atoms. The molecule has 2 aliphatic heterocycles. The summed E-state index contributed by atoms with van der Waals surface area (Å²) in [4.78, 5) is 5.35. The van der Waals surface area contributed by atoms with Crippen LogP contribution in [0.4, 0.5) is 0 Å². The van der Waals surface area contributed by atoms with Crippen LogP contribution < -0.4 is 4.74 Å². The minimum Gasteiger partial charge on any atom is -0.496 e. The standard InChI is InChI=1S/C26H32N4O/c1-31-26-10-9-21(16-24(26)19-30-14-5-12-27-30)17-28-13-4-8-25(20-28)29-15-11-22-6-2-3-7-23(22)18-29/h2-3,5-7,9-10,12,14,16,25H,4,8,11,13,15,17-20H2,1H3. The lowest BCUT2D eigenvalue weighted by atomic mass is 9.96. The number of methoxy groups -OCH3 is 1. The van der Waals surface area contributed by atoms with Gasteiger partial charge in [-0.15, -0.1) is 0 Å². The van der Waals surface area contributed by atoms with Gasteiger partial charge in [0, 0.05) is 50.2 Å². The van der Waals surface area contributed by atoms with Gasteiger partial charge < -0.3 is 4.74 Å². The topological polar surface area (TPSA) is 33.5 Å². The number of benzene rings is 2. The smallest absolute Gasteiger partial charge is 0.123 e. The van der Waals surface area contributed by atoms with Crippen LogP contribution >= 0.6 is 0 Å². The van der Waals surface area contributed by atoms with Crippen LogP contribution in [0.5, 0.6) is 5.75 Å². The minimum absolute atomic E-state index is 0.656. The van der Waals surface area contributed by atoms with Crippen molar-refractivity contribution in [2.24, 2.45) is 0 Å². The lowest BCUT2D eigenvalue weighted by Crippen LogP contribution is -2.49. The molecule has 0 saturated carbocycles. The summed E-state index contributed by atoms with van der Waals surface area (Å²) < 4.78 is 7.55. The van der Waals surface area contributed by atoms with Crippen molar-refractivity contribution in [3.05, 3.63) is 83.2 Å². The number of aromatic nitrogens is 2. The first-order valence-corrected chi connectivity index (χ1v) is 11.4. The van der Waals surface area contributed by atoms with E-state index in [1.807, 2.05) is 23.1 Å². The van der Waals surface area contributed by atoms with Gasteiger partial charge in [-0.25, -0.2) is 0 Å². The maximum atomic E-state index is 5.60. The molecule has 2 aromatic carbocycles. The Morgan fingerprint density at radius 2 is 1.94 bits per heavy atom. The molecule has 0 spiro atoms. The van der Waals surface area contributed by atoms with Crippen LogP contribution in [0.3, 0.4) is 0 Å². The Labute approximate surface area is 185 Å². The van der Waals surface area contributed by atoms with E-state index in [-0.39, 0.29) is 0 Å². The fraction of sp³-hybridized carbons (Fsp3) is 0.423. The summed E-state index contributed by atoms with van der Waals surface area (Å²) in [5.41, 5.74) is 5.59. The molecule has 5 rings (SSSR count). The molecule has 1 saturated heterocycles. The van der Waals surface area contributed by atoms with Crippen molar-refractivity contribution in [3.63, 3.8) is 0 Å². The zero-order valence-corrected chi connectivity index (χ0v) is 18.4. The van der Waals surface area contributed by atoms with E-state index < -0.39 is 0 Å². The first-order chi connectivity index (χ1) is 15.3. The number of piperidine rings is 1. The van der Waals surface area contributed by atoms with Gasteiger partial charge >= 0.3 is 0 Å². The SMILES string of the molecule is COc1ccc(CN2CCCC(N3CCc4ccccc4C3)C2)cc1Cn1cccn1. The molecule has 3 aromatic rings. The second-order valence-corrected chi connectivity index (χ2v) is 8.87. The Hall–Kier alpha value is -2.63. The molecule has 1 unspecified atom stereocenters. The summed E-state index contributed by atoms with van der Waals surface area (Å²) >= 11 is 0. The van der Waals surface area contributed by atoms with Crippen molar-refractivity contribution in [2.75, 3.05) is 26.7 Å². The second kappa shape index (κ2) is 9.25. The van der Waals surface area contributed by atoms with Gasteiger partial charge in [-0.3, -0.25) is 14.5 Å². The van der Waals surface area contributed by atoms with Crippen molar-refractivity contribution in [3.8, 4) is 5.75 Å². The molecule has 2 aliphatic rings. The molecule has 0 aliphatic carbocycles. The lowest BCUT2D eigenvalue weighted by molar-refractivity contribution is 0.0838. The van der Waals surface area contributed by atoms with Crippen molar-refractivity contribution in [1.29, 1.82) is 0 Å². The summed E-state index contributed by atoms with van der Waals surface area (Å²) in [6.45, 7) is 6.36. The average Bonchev–Trinajstić information content (AvgIpc) is 3.32. The molecule has 0 radical (unpaired) electrons. The normalized spacial score (nSPS) is 19.8. The highest BCUT2D eigenvalue weighted by molar-refractivity contribution is 5.37. The highest BCUT2D eigenvalue weighted by Crippen LogP contribution is 2.26. The largest absolute Gasteiger partial charge is 0.496 e. The molecule has 3 heterocycles. The van der Waals surface area contributed by atoms with Gasteiger partial charge in [0.05, 0.1) is 13.7 Å². The molecule has 1 aromatic heterocycles. The number of fused-ring (bicyclic) bond motifs is 1. The third-order valence-corrected chi connectivity index (χ3v) is 6.80. The highest BCUT2D eigenvalue weighted by Gasteiger charge is 2.28. The summed E-state index contributed by atoms with van der Waals surface area (Å²) in [6.07, 6.45) is 7.59. The Bertz CT molecular complexity index is 1000. The zero-order chi connectivity index (χ0) is 21.0. The van der Waals surface area contributed by atoms with Crippen LogP contribution in [0.15, 0.2) is 60.9 Å². The molecular formula is C26H32N4O. The molecule has 0 N–H and O–H groups in total. The van der Waals surface area contributed by atoms with E-state index >= 15 is 0 Å². The summed E-state index contributed by atoms with van der Waals surface area (Å²) in [6, 6.07) is 18.2. The fourth-order valence-corrected chi connectivity index (χ4v) is 5.18. The molecule has 5 nitrogen and oxygen atoms in total. The Morgan fingerprint density at radius 3 is 2.77 bits per heavy atom. The molecule has 31 heavy (non-hydrogen) atoms. The highest BCUT2D eigenvalue weighted by atomic mass is 16.5. The van der Waals surface area contributed by atoms with Crippen LogP contribution in [-0.2, 0) is 26.1 Å². The first-order valence-electron chi connectivity index (χ1n) is 11.4. The van der Waals surface area contributed by atoms with Gasteiger partial charge in [0.2, 0.25) is 0 Å². The van der Waals surface area contributed by atoms with Gasteiger partial charge in [-0.1, -0.05) is 30.3 Å². The summed E-state index contributed by atoms with van der Waals surface area (Å²) in [5.74, 6) is 0.933. The van der Waals surface area contributed by atoms with Gasteiger partial charge in [-0.2, -0.15) is 5.10 Å². The van der Waals surface area contributed by atoms with E-state index in [9.17, 15) is 0 Å². The Morgan fingerprint density at radius 1 is 1.03 bits per heavy atom. The van der Waals surface area contributed by atoms with Crippen LogP contribution in [0.2, 0.25) is 0 Å². The number of ether oxygens (including phenoxy) is 1. The van der Waals surface area contributed by atoms with Gasteiger partial charge in [0.25, 0.3) is 0 Å². The van der Waals surface area contributed by atoms with Gasteiger partial charge in [-0.05, 0) is 60.7 Å². The van der Waals surface area contributed by atoms with Crippen LogP contribution in [0.25, 0.3) is 0 Å². The van der Waals surface area contributed by atoms with E-state index in [1.165, 1.54) is 54.6 Å². The second-order valence-electron chi connectivity index (χ2n) is 8.87. The molecule has 1 atom stereocenters. The van der Waals surface area contributed by atoms with Crippen molar-refractivity contribution in [2.45, 2.75) is 44.9 Å². The van der Waals surface area contributed by atoms with E-state index in [0.717, 1.165) is 31.9 Å². The van der Waals surface area contributed by atoms with Crippen LogP contribution in [0, 0.1) is 0 Å². The number of hydrogen-bond donors (Lipinski definition) is 0. The van der Waals surface area contributed by atoms with Crippen molar-refractivity contribution < 1.29 is 4.74 Å². The van der Waals surface area contributed by atoms with Gasteiger partial charge in [0.1, 0.15) is 5.75 Å². The summed E-state index contributed by atoms with van der Waals surface area (Å²) in [7, 11) is 1.74. The third kappa shape index (κ3) is 4.68. The predicted molar refractivity (Wildman–Crippen MR) is 123 cm³/mol. The van der Waals surface area contributed by atoms with Crippen molar-refractivity contribution >= 4 is 0 Å². The maximum Gasteiger partial charge on any atom is 0.123 e.